The molecule has 0 fully saturated rings. The Hall–Kier alpha value is -3.26. The summed E-state index contributed by atoms with van der Waals surface area (Å²) in [6.45, 7) is 4.21. The molecule has 0 unspecified atom stereocenters. The molecular formula is C23H24N4O3S. The van der Waals surface area contributed by atoms with Crippen LogP contribution in [0.25, 0.3) is 22.6 Å². The Morgan fingerprint density at radius 2 is 2.00 bits per heavy atom. The Morgan fingerprint density at radius 1 is 1.19 bits per heavy atom. The van der Waals surface area contributed by atoms with Gasteiger partial charge in [-0.2, -0.15) is 0 Å². The van der Waals surface area contributed by atoms with Crippen LogP contribution in [0.3, 0.4) is 0 Å². The third-order valence-corrected chi connectivity index (χ3v) is 5.99. The highest BCUT2D eigenvalue weighted by Gasteiger charge is 2.18. The van der Waals surface area contributed by atoms with E-state index in [1.807, 2.05) is 60.1 Å². The number of methoxy groups -OCH3 is 1. The van der Waals surface area contributed by atoms with Gasteiger partial charge in [0.15, 0.2) is 28.1 Å². The second-order valence-electron chi connectivity index (χ2n) is 7.43. The van der Waals surface area contributed by atoms with Crippen molar-refractivity contribution < 1.29 is 13.9 Å². The van der Waals surface area contributed by atoms with E-state index in [0.29, 0.717) is 34.0 Å². The van der Waals surface area contributed by atoms with Crippen LogP contribution in [0, 0.1) is 0 Å². The molecule has 0 aliphatic carbocycles. The summed E-state index contributed by atoms with van der Waals surface area (Å²) in [7, 11) is 3.46. The number of hydrogen-bond acceptors (Lipinski definition) is 6. The molecule has 0 saturated heterocycles. The summed E-state index contributed by atoms with van der Waals surface area (Å²) in [5.74, 6) is 2.32. The van der Waals surface area contributed by atoms with Crippen LogP contribution in [0.5, 0.6) is 5.75 Å². The van der Waals surface area contributed by atoms with E-state index in [1.54, 1.807) is 7.11 Å². The second-order valence-corrected chi connectivity index (χ2v) is 8.38. The van der Waals surface area contributed by atoms with Crippen LogP contribution >= 0.6 is 11.8 Å². The van der Waals surface area contributed by atoms with Gasteiger partial charge in [-0.25, -0.2) is 0 Å². The first-order chi connectivity index (χ1) is 15.0. The number of nitrogens with one attached hydrogen (secondary N) is 1. The van der Waals surface area contributed by atoms with Crippen molar-refractivity contribution in [3.05, 3.63) is 54.1 Å². The highest BCUT2D eigenvalue weighted by atomic mass is 32.2. The van der Waals surface area contributed by atoms with E-state index in [9.17, 15) is 4.79 Å². The van der Waals surface area contributed by atoms with Crippen molar-refractivity contribution in [1.82, 2.24) is 14.8 Å². The van der Waals surface area contributed by atoms with Gasteiger partial charge in [0, 0.05) is 18.1 Å². The molecule has 4 aromatic rings. The number of thioether (sulfide) groups is 1. The molecule has 1 N–H and O–H groups in total. The van der Waals surface area contributed by atoms with Gasteiger partial charge in [-0.1, -0.05) is 55.9 Å². The molecule has 0 bridgehead atoms. The second kappa shape index (κ2) is 8.85. The smallest absolute Gasteiger partial charge is 0.234 e. The molecule has 8 heteroatoms. The maximum absolute atomic E-state index is 12.5. The summed E-state index contributed by atoms with van der Waals surface area (Å²) in [6.07, 6.45) is 0. The molecule has 2 aromatic carbocycles. The molecular weight excluding hydrogens is 412 g/mol. The van der Waals surface area contributed by atoms with E-state index in [0.717, 1.165) is 16.6 Å². The quantitative estimate of drug-likeness (QED) is 0.406. The highest BCUT2D eigenvalue weighted by molar-refractivity contribution is 7.99. The van der Waals surface area contributed by atoms with E-state index in [-0.39, 0.29) is 11.7 Å². The number of aromatic nitrogens is 3. The molecule has 7 nitrogen and oxygen atoms in total. The number of fused-ring (bicyclic) bond motifs is 1. The molecule has 31 heavy (non-hydrogen) atoms. The van der Waals surface area contributed by atoms with Gasteiger partial charge in [-0.3, -0.25) is 4.79 Å². The molecule has 2 heterocycles. The van der Waals surface area contributed by atoms with Crippen molar-refractivity contribution in [2.45, 2.75) is 24.9 Å². The predicted octanol–water partition coefficient (Wildman–Crippen LogP) is 5.09. The van der Waals surface area contributed by atoms with Gasteiger partial charge in [-0.15, -0.1) is 10.2 Å². The average Bonchev–Trinajstić information content (AvgIpc) is 3.35. The molecule has 0 saturated carbocycles. The minimum atomic E-state index is -0.0869. The summed E-state index contributed by atoms with van der Waals surface area (Å²) in [5, 5.41) is 13.1. The number of carbonyl (C=O) groups is 1. The number of para-hydroxylation sites is 2. The van der Waals surface area contributed by atoms with Crippen molar-refractivity contribution >= 4 is 34.3 Å². The van der Waals surface area contributed by atoms with Crippen LogP contribution in [-0.4, -0.2) is 33.5 Å². The van der Waals surface area contributed by atoms with E-state index in [2.05, 4.69) is 29.4 Å². The summed E-state index contributed by atoms with van der Waals surface area (Å²) < 4.78 is 13.2. The molecule has 4 rings (SSSR count). The fourth-order valence-electron chi connectivity index (χ4n) is 3.39. The number of amides is 1. The molecule has 0 aliphatic heterocycles. The number of nitrogens with zero attached hydrogens (tertiary/aromatic N) is 3. The maximum atomic E-state index is 12.5. The van der Waals surface area contributed by atoms with Gasteiger partial charge in [-0.05, 0) is 29.7 Å². The molecule has 2 aromatic heterocycles. The van der Waals surface area contributed by atoms with Crippen LogP contribution in [0.15, 0.2) is 58.1 Å². The van der Waals surface area contributed by atoms with Crippen molar-refractivity contribution in [2.24, 2.45) is 7.05 Å². The average molecular weight is 437 g/mol. The molecule has 1 amide bonds. The predicted molar refractivity (Wildman–Crippen MR) is 123 cm³/mol. The number of ether oxygens (including phenoxy) is 1. The highest BCUT2D eigenvalue weighted by Crippen LogP contribution is 2.33. The topological polar surface area (TPSA) is 82.2 Å². The molecule has 0 aliphatic rings. The first kappa shape index (κ1) is 21.0. The lowest BCUT2D eigenvalue weighted by atomic mass is 10.0. The Balaban J connectivity index is 1.48. The minimum absolute atomic E-state index is 0.0869. The van der Waals surface area contributed by atoms with Crippen molar-refractivity contribution in [1.29, 1.82) is 0 Å². The fraction of sp³-hybridized carbons (Fsp3) is 0.261. The van der Waals surface area contributed by atoms with Gasteiger partial charge >= 0.3 is 0 Å². The molecule has 0 radical (unpaired) electrons. The minimum Gasteiger partial charge on any atom is -0.493 e. The van der Waals surface area contributed by atoms with E-state index >= 15 is 0 Å². The third-order valence-electron chi connectivity index (χ3n) is 4.97. The Kier molecular flexibility index (Phi) is 5.99. The number of hydrogen-bond donors (Lipinski definition) is 1. The van der Waals surface area contributed by atoms with Crippen molar-refractivity contribution in [3.63, 3.8) is 0 Å². The van der Waals surface area contributed by atoms with Crippen LogP contribution in [0.1, 0.15) is 25.3 Å². The van der Waals surface area contributed by atoms with Crippen molar-refractivity contribution in [3.8, 4) is 17.3 Å². The van der Waals surface area contributed by atoms with E-state index < -0.39 is 0 Å². The number of benzene rings is 2. The normalized spacial score (nSPS) is 11.3. The van der Waals surface area contributed by atoms with Crippen LogP contribution < -0.4 is 10.1 Å². The first-order valence-electron chi connectivity index (χ1n) is 9.95. The standard InChI is InChI=1S/C23H24N4O3S/c1-14(2)16-9-5-6-10-17(16)24-20(28)13-31-23-26-25-22(27(23)3)19-12-15-8-7-11-18(29-4)21(15)30-19/h5-12,14H,13H2,1-4H3,(H,24,28). The molecule has 0 atom stereocenters. The van der Waals surface area contributed by atoms with E-state index in [4.69, 9.17) is 9.15 Å². The van der Waals surface area contributed by atoms with Crippen LogP contribution in [0.4, 0.5) is 5.69 Å². The van der Waals surface area contributed by atoms with Gasteiger partial charge in [0.05, 0.1) is 12.9 Å². The zero-order valence-corrected chi connectivity index (χ0v) is 18.7. The number of rotatable bonds is 7. The molecule has 160 valence electrons. The monoisotopic (exact) mass is 436 g/mol. The Labute approximate surface area is 184 Å². The van der Waals surface area contributed by atoms with Crippen molar-refractivity contribution in [2.75, 3.05) is 18.2 Å². The lowest BCUT2D eigenvalue weighted by molar-refractivity contribution is -0.113. The number of anilines is 1. The summed E-state index contributed by atoms with van der Waals surface area (Å²) in [4.78, 5) is 12.5. The Bertz CT molecular complexity index is 1230. The van der Waals surface area contributed by atoms with Gasteiger partial charge < -0.3 is 19.0 Å². The van der Waals surface area contributed by atoms with E-state index in [1.165, 1.54) is 11.8 Å². The Morgan fingerprint density at radius 3 is 2.77 bits per heavy atom. The zero-order valence-electron chi connectivity index (χ0n) is 17.9. The summed E-state index contributed by atoms with van der Waals surface area (Å²) >= 11 is 1.33. The van der Waals surface area contributed by atoms with Gasteiger partial charge in [0.1, 0.15) is 0 Å². The van der Waals surface area contributed by atoms with Gasteiger partial charge in [0.2, 0.25) is 5.91 Å². The SMILES string of the molecule is COc1cccc2cc(-c3nnc(SCC(=O)Nc4ccccc4C(C)C)n3C)oc12. The largest absolute Gasteiger partial charge is 0.493 e. The lowest BCUT2D eigenvalue weighted by Gasteiger charge is -2.13. The summed E-state index contributed by atoms with van der Waals surface area (Å²) in [6, 6.07) is 15.5. The van der Waals surface area contributed by atoms with Crippen LogP contribution in [-0.2, 0) is 11.8 Å². The number of furan rings is 1. The third kappa shape index (κ3) is 4.29. The number of carbonyl (C=O) groups excluding carboxylic acids is 1. The van der Waals surface area contributed by atoms with Gasteiger partial charge in [0.25, 0.3) is 0 Å². The lowest BCUT2D eigenvalue weighted by Crippen LogP contribution is -2.16. The van der Waals surface area contributed by atoms with Crippen LogP contribution in [0.2, 0.25) is 0 Å². The zero-order chi connectivity index (χ0) is 22.0. The summed E-state index contributed by atoms with van der Waals surface area (Å²) in [5.41, 5.74) is 2.63. The fourth-order valence-corrected chi connectivity index (χ4v) is 4.10. The maximum Gasteiger partial charge on any atom is 0.234 e. The first-order valence-corrected chi connectivity index (χ1v) is 10.9. The molecule has 0 spiro atoms.